The van der Waals surface area contributed by atoms with Crippen molar-refractivity contribution in [2.24, 2.45) is 0 Å². The van der Waals surface area contributed by atoms with Crippen molar-refractivity contribution in [3.8, 4) is 28.1 Å². The normalized spacial score (nSPS) is 14.3. The van der Waals surface area contributed by atoms with Crippen LogP contribution in [0.4, 0.5) is 14.6 Å². The summed E-state index contributed by atoms with van der Waals surface area (Å²) in [5.41, 5.74) is 1.98. The number of nitrogens with one attached hydrogen (secondary N) is 1. The number of benzene rings is 2. The first kappa shape index (κ1) is 19.3. The molecule has 2 N–H and O–H groups in total. The predicted molar refractivity (Wildman–Crippen MR) is 111 cm³/mol. The first-order chi connectivity index (χ1) is 14.1. The molecule has 0 atom stereocenters. The first-order valence-corrected chi connectivity index (χ1v) is 9.82. The lowest BCUT2D eigenvalue weighted by Gasteiger charge is -2.16. The van der Waals surface area contributed by atoms with Crippen molar-refractivity contribution in [3.05, 3.63) is 66.2 Å². The molecule has 1 aromatic heterocycles. The number of aromatic hydroxyl groups is 1. The highest BCUT2D eigenvalue weighted by Gasteiger charge is 2.13. The van der Waals surface area contributed by atoms with Crippen LogP contribution in [0, 0.1) is 11.6 Å². The van der Waals surface area contributed by atoms with Crippen LogP contribution in [-0.4, -0.2) is 41.2 Å². The van der Waals surface area contributed by atoms with Gasteiger partial charge in [0, 0.05) is 24.2 Å². The van der Waals surface area contributed by atoms with Crippen molar-refractivity contribution in [1.29, 1.82) is 0 Å². The zero-order valence-electron chi connectivity index (χ0n) is 16.0. The van der Waals surface area contributed by atoms with Gasteiger partial charge in [-0.15, -0.1) is 0 Å². The highest BCUT2D eigenvalue weighted by Crippen LogP contribution is 2.31. The fraction of sp³-hybridized carbons (Fsp3) is 0.261. The third kappa shape index (κ3) is 4.71. The Bertz CT molecular complexity index is 1000. The first-order valence-electron chi connectivity index (χ1n) is 9.82. The second-order valence-electron chi connectivity index (χ2n) is 7.28. The molecule has 2 heterocycles. The molecule has 4 nitrogen and oxygen atoms in total. The minimum atomic E-state index is -0.499. The summed E-state index contributed by atoms with van der Waals surface area (Å²) in [5.74, 6) is -0.290. The molecule has 2 aromatic carbocycles. The van der Waals surface area contributed by atoms with E-state index in [0.717, 1.165) is 31.8 Å². The maximum absolute atomic E-state index is 14.4. The summed E-state index contributed by atoms with van der Waals surface area (Å²) >= 11 is 0. The molecule has 0 spiro atoms. The van der Waals surface area contributed by atoms with Gasteiger partial charge in [0.15, 0.2) is 0 Å². The number of phenols is 1. The molecule has 0 radical (unpaired) electrons. The third-order valence-corrected chi connectivity index (χ3v) is 5.14. The Balaban J connectivity index is 1.67. The Morgan fingerprint density at radius 3 is 2.59 bits per heavy atom. The topological polar surface area (TPSA) is 48.4 Å². The molecular weight excluding hydrogens is 372 g/mol. The number of hydrogen-bond acceptors (Lipinski definition) is 4. The Labute approximate surface area is 168 Å². The number of likely N-dealkylation sites (tertiary alicyclic amines) is 1. The smallest absolute Gasteiger partial charge is 0.131 e. The molecule has 6 heteroatoms. The molecule has 1 aliphatic rings. The van der Waals surface area contributed by atoms with E-state index in [9.17, 15) is 13.9 Å². The van der Waals surface area contributed by atoms with Crippen molar-refractivity contribution in [1.82, 2.24) is 9.88 Å². The number of aromatic nitrogens is 1. The maximum atomic E-state index is 14.4. The molecule has 29 heavy (non-hydrogen) atoms. The van der Waals surface area contributed by atoms with Crippen molar-refractivity contribution in [2.75, 3.05) is 31.5 Å². The number of hydrogen-bond donors (Lipinski definition) is 2. The highest BCUT2D eigenvalue weighted by atomic mass is 19.1. The summed E-state index contributed by atoms with van der Waals surface area (Å²) in [5, 5.41) is 13.1. The Morgan fingerprint density at radius 2 is 1.79 bits per heavy atom. The lowest BCUT2D eigenvalue weighted by atomic mass is 10.0. The minimum Gasteiger partial charge on any atom is -0.508 e. The van der Waals surface area contributed by atoms with Crippen LogP contribution in [0.15, 0.2) is 54.6 Å². The number of phenolic OH excluding ortho intramolecular Hbond substituents is 1. The predicted octanol–water partition coefficient (Wildman–Crippen LogP) is 4.91. The van der Waals surface area contributed by atoms with Crippen molar-refractivity contribution in [2.45, 2.75) is 12.8 Å². The third-order valence-electron chi connectivity index (χ3n) is 5.14. The van der Waals surface area contributed by atoms with Gasteiger partial charge in [0.1, 0.15) is 23.2 Å². The van der Waals surface area contributed by atoms with Crippen LogP contribution in [0.2, 0.25) is 0 Å². The van der Waals surface area contributed by atoms with E-state index in [1.807, 2.05) is 6.07 Å². The van der Waals surface area contributed by atoms with E-state index in [1.54, 1.807) is 30.3 Å². The van der Waals surface area contributed by atoms with Crippen molar-refractivity contribution < 1.29 is 13.9 Å². The fourth-order valence-electron chi connectivity index (χ4n) is 3.66. The molecule has 4 rings (SSSR count). The van der Waals surface area contributed by atoms with Crippen LogP contribution in [0.5, 0.6) is 5.75 Å². The number of nitrogens with zero attached hydrogens (tertiary/aromatic N) is 2. The number of pyridine rings is 1. The van der Waals surface area contributed by atoms with Crippen molar-refractivity contribution in [3.63, 3.8) is 0 Å². The molecule has 0 bridgehead atoms. The van der Waals surface area contributed by atoms with Gasteiger partial charge >= 0.3 is 0 Å². The van der Waals surface area contributed by atoms with Gasteiger partial charge in [-0.25, -0.2) is 13.8 Å². The van der Waals surface area contributed by atoms with E-state index in [0.29, 0.717) is 29.2 Å². The van der Waals surface area contributed by atoms with Gasteiger partial charge < -0.3 is 15.3 Å². The fourth-order valence-corrected chi connectivity index (χ4v) is 3.66. The summed E-state index contributed by atoms with van der Waals surface area (Å²) < 4.78 is 28.1. The molecular formula is C23H23F2N3O. The summed E-state index contributed by atoms with van der Waals surface area (Å²) in [6.07, 6.45) is 2.46. The quantitative estimate of drug-likeness (QED) is 0.623. The molecule has 0 amide bonds. The summed E-state index contributed by atoms with van der Waals surface area (Å²) in [4.78, 5) is 7.02. The summed E-state index contributed by atoms with van der Waals surface area (Å²) in [6, 6.07) is 13.6. The molecule has 0 aliphatic carbocycles. The second kappa shape index (κ2) is 8.57. The van der Waals surface area contributed by atoms with Gasteiger partial charge in [-0.05, 0) is 74.0 Å². The van der Waals surface area contributed by atoms with Crippen molar-refractivity contribution >= 4 is 5.82 Å². The van der Waals surface area contributed by atoms with Gasteiger partial charge in [-0.1, -0.05) is 12.1 Å². The van der Waals surface area contributed by atoms with Crippen LogP contribution in [0.25, 0.3) is 22.4 Å². The molecule has 1 saturated heterocycles. The van der Waals surface area contributed by atoms with Crippen LogP contribution < -0.4 is 5.32 Å². The van der Waals surface area contributed by atoms with Gasteiger partial charge in [0.2, 0.25) is 0 Å². The molecule has 1 aliphatic heterocycles. The van der Waals surface area contributed by atoms with Gasteiger partial charge in [-0.3, -0.25) is 0 Å². The number of halogens is 2. The van der Waals surface area contributed by atoms with E-state index >= 15 is 0 Å². The largest absolute Gasteiger partial charge is 0.508 e. The SMILES string of the molecule is Oc1cccc(-c2cc(-c3cc(F)ccc3F)cc(NCCN3CCCC3)n2)c1. The lowest BCUT2D eigenvalue weighted by molar-refractivity contribution is 0.352. The molecule has 1 fully saturated rings. The lowest BCUT2D eigenvalue weighted by Crippen LogP contribution is -2.26. The van der Waals surface area contributed by atoms with Crippen LogP contribution in [0.1, 0.15) is 12.8 Å². The molecule has 150 valence electrons. The zero-order chi connectivity index (χ0) is 20.2. The summed E-state index contributed by atoms with van der Waals surface area (Å²) in [6.45, 7) is 3.83. The Morgan fingerprint density at radius 1 is 0.966 bits per heavy atom. The van der Waals surface area contributed by atoms with E-state index in [2.05, 4.69) is 15.2 Å². The monoisotopic (exact) mass is 395 g/mol. The van der Waals surface area contributed by atoms with Gasteiger partial charge in [0.05, 0.1) is 5.69 Å². The minimum absolute atomic E-state index is 0.121. The molecule has 3 aromatic rings. The second-order valence-corrected chi connectivity index (χ2v) is 7.28. The average Bonchev–Trinajstić information content (AvgIpc) is 3.23. The maximum Gasteiger partial charge on any atom is 0.131 e. The van der Waals surface area contributed by atoms with E-state index < -0.39 is 11.6 Å². The zero-order valence-corrected chi connectivity index (χ0v) is 16.0. The van der Waals surface area contributed by atoms with E-state index in [1.165, 1.54) is 18.9 Å². The standard InChI is InChI=1S/C23H23F2N3O/c24-18-6-7-21(25)20(15-18)17-13-22(16-4-3-5-19(29)12-16)27-23(14-17)26-8-11-28-9-1-2-10-28/h3-7,12-15,29H,1-2,8-11H2,(H,26,27). The van der Waals surface area contributed by atoms with Crippen LogP contribution in [-0.2, 0) is 0 Å². The number of rotatable bonds is 6. The number of anilines is 1. The van der Waals surface area contributed by atoms with E-state index in [-0.39, 0.29) is 11.3 Å². The van der Waals surface area contributed by atoms with Gasteiger partial charge in [0.25, 0.3) is 0 Å². The van der Waals surface area contributed by atoms with Gasteiger partial charge in [-0.2, -0.15) is 0 Å². The molecule has 0 unspecified atom stereocenters. The summed E-state index contributed by atoms with van der Waals surface area (Å²) in [7, 11) is 0. The van der Waals surface area contributed by atoms with Crippen LogP contribution >= 0.6 is 0 Å². The Hall–Kier alpha value is -2.99. The van der Waals surface area contributed by atoms with E-state index in [4.69, 9.17) is 0 Å². The highest BCUT2D eigenvalue weighted by molar-refractivity contribution is 5.74. The molecule has 0 saturated carbocycles. The van der Waals surface area contributed by atoms with Crippen LogP contribution in [0.3, 0.4) is 0 Å². The Kier molecular flexibility index (Phi) is 5.71. The average molecular weight is 395 g/mol.